The van der Waals surface area contributed by atoms with Crippen LogP contribution >= 0.6 is 0 Å². The van der Waals surface area contributed by atoms with E-state index < -0.39 is 0 Å². The van der Waals surface area contributed by atoms with Gasteiger partial charge in [0.25, 0.3) is 5.56 Å². The van der Waals surface area contributed by atoms with Crippen LogP contribution in [0.25, 0.3) is 10.8 Å². The average Bonchev–Trinajstić information content (AvgIpc) is 3.13. The van der Waals surface area contributed by atoms with E-state index in [2.05, 4.69) is 30.0 Å². The Hall–Kier alpha value is -2.67. The van der Waals surface area contributed by atoms with E-state index in [9.17, 15) is 4.79 Å². The molecule has 4 rings (SSSR count). The lowest BCUT2D eigenvalue weighted by molar-refractivity contribution is 0.249. The molecule has 3 aromatic rings. The van der Waals surface area contributed by atoms with Gasteiger partial charge in [0, 0.05) is 44.3 Å². The second kappa shape index (κ2) is 5.85. The van der Waals surface area contributed by atoms with Gasteiger partial charge in [-0.3, -0.25) is 9.69 Å². The molecule has 0 spiro atoms. The van der Waals surface area contributed by atoms with Crippen LogP contribution in [-0.2, 0) is 6.54 Å². The molecule has 1 aromatic carbocycles. The molecule has 118 valence electrons. The van der Waals surface area contributed by atoms with Crippen molar-refractivity contribution in [3.63, 3.8) is 0 Å². The Bertz CT molecular complexity index is 848. The number of benzene rings is 1. The van der Waals surface area contributed by atoms with E-state index in [1.165, 1.54) is 6.33 Å². The molecule has 2 N–H and O–H groups in total. The zero-order valence-electron chi connectivity index (χ0n) is 12.7. The summed E-state index contributed by atoms with van der Waals surface area (Å²) in [4.78, 5) is 23.6. The Kier molecular flexibility index (Phi) is 3.55. The number of anilines is 1. The van der Waals surface area contributed by atoms with E-state index in [1.807, 2.05) is 30.5 Å². The molecule has 0 atom stereocenters. The first kappa shape index (κ1) is 14.0. The standard InChI is InChI=1S/C16H18N6O/c23-15-14-4-2-1-3-13(14)12(9-17-15)10-21-5-7-22(8-6-21)16-18-11-19-20-16/h1-4,9,11H,5-8,10H2,(H,17,23)(H,18,19,20). The molecule has 0 radical (unpaired) electrons. The SMILES string of the molecule is O=c1[nH]cc(CN2CCN(c3ncn[nH]3)CC2)c2ccccc12. The van der Waals surface area contributed by atoms with E-state index in [1.54, 1.807) is 0 Å². The third-order valence-electron chi connectivity index (χ3n) is 4.36. The number of aromatic nitrogens is 4. The van der Waals surface area contributed by atoms with Gasteiger partial charge in [-0.25, -0.2) is 5.10 Å². The molecule has 23 heavy (non-hydrogen) atoms. The summed E-state index contributed by atoms with van der Waals surface area (Å²) in [6.45, 7) is 4.57. The number of pyridine rings is 1. The maximum Gasteiger partial charge on any atom is 0.255 e. The van der Waals surface area contributed by atoms with Gasteiger partial charge in [0.05, 0.1) is 0 Å². The number of nitrogens with one attached hydrogen (secondary N) is 2. The molecule has 1 saturated heterocycles. The minimum atomic E-state index is -0.0283. The lowest BCUT2D eigenvalue weighted by atomic mass is 10.1. The molecule has 7 heteroatoms. The van der Waals surface area contributed by atoms with Crippen molar-refractivity contribution in [3.05, 3.63) is 52.7 Å². The van der Waals surface area contributed by atoms with E-state index >= 15 is 0 Å². The monoisotopic (exact) mass is 310 g/mol. The molecule has 7 nitrogen and oxygen atoms in total. The lowest BCUT2D eigenvalue weighted by Crippen LogP contribution is -2.46. The molecule has 0 unspecified atom stereocenters. The van der Waals surface area contributed by atoms with Crippen molar-refractivity contribution < 1.29 is 0 Å². The second-order valence-electron chi connectivity index (χ2n) is 5.76. The van der Waals surface area contributed by atoms with Crippen molar-refractivity contribution >= 4 is 16.7 Å². The molecule has 1 fully saturated rings. The van der Waals surface area contributed by atoms with Crippen LogP contribution in [-0.4, -0.2) is 51.2 Å². The van der Waals surface area contributed by atoms with Gasteiger partial charge < -0.3 is 9.88 Å². The minimum Gasteiger partial charge on any atom is -0.339 e. The van der Waals surface area contributed by atoms with Crippen molar-refractivity contribution in [3.8, 4) is 0 Å². The highest BCUT2D eigenvalue weighted by Crippen LogP contribution is 2.18. The number of hydrogen-bond acceptors (Lipinski definition) is 5. The molecular formula is C16H18N6O. The van der Waals surface area contributed by atoms with E-state index in [0.29, 0.717) is 0 Å². The Balaban J connectivity index is 1.50. The Morgan fingerprint density at radius 3 is 2.61 bits per heavy atom. The number of piperazine rings is 1. The number of aromatic amines is 2. The highest BCUT2D eigenvalue weighted by Gasteiger charge is 2.19. The fourth-order valence-electron chi connectivity index (χ4n) is 3.11. The van der Waals surface area contributed by atoms with Crippen LogP contribution in [0.2, 0.25) is 0 Å². The summed E-state index contributed by atoms with van der Waals surface area (Å²) in [6, 6.07) is 7.77. The Labute approximate surface area is 133 Å². The maximum absolute atomic E-state index is 11.9. The smallest absolute Gasteiger partial charge is 0.255 e. The van der Waals surface area contributed by atoms with Crippen LogP contribution in [0, 0.1) is 0 Å². The van der Waals surface area contributed by atoms with Gasteiger partial charge in [-0.15, -0.1) is 0 Å². The molecule has 3 heterocycles. The lowest BCUT2D eigenvalue weighted by Gasteiger charge is -2.34. The number of nitrogens with zero attached hydrogens (tertiary/aromatic N) is 4. The third kappa shape index (κ3) is 2.70. The molecule has 2 aromatic heterocycles. The highest BCUT2D eigenvalue weighted by atomic mass is 16.1. The van der Waals surface area contributed by atoms with Gasteiger partial charge in [-0.2, -0.15) is 10.1 Å². The fourth-order valence-corrected chi connectivity index (χ4v) is 3.11. The Morgan fingerprint density at radius 2 is 1.87 bits per heavy atom. The number of hydrogen-bond donors (Lipinski definition) is 2. The van der Waals surface area contributed by atoms with Crippen molar-refractivity contribution in [1.29, 1.82) is 0 Å². The normalized spacial score (nSPS) is 16.1. The minimum absolute atomic E-state index is 0.0283. The quantitative estimate of drug-likeness (QED) is 0.753. The van der Waals surface area contributed by atoms with Gasteiger partial charge in [-0.1, -0.05) is 18.2 Å². The van der Waals surface area contributed by atoms with Crippen molar-refractivity contribution in [2.24, 2.45) is 0 Å². The summed E-state index contributed by atoms with van der Waals surface area (Å²) in [7, 11) is 0. The summed E-state index contributed by atoms with van der Waals surface area (Å²) in [5.41, 5.74) is 1.13. The first-order chi connectivity index (χ1) is 11.3. The molecule has 0 saturated carbocycles. The first-order valence-corrected chi connectivity index (χ1v) is 7.73. The van der Waals surface area contributed by atoms with Crippen molar-refractivity contribution in [1.82, 2.24) is 25.1 Å². The van der Waals surface area contributed by atoms with Crippen molar-refractivity contribution in [2.45, 2.75) is 6.54 Å². The number of H-pyrrole nitrogens is 2. The van der Waals surface area contributed by atoms with Crippen LogP contribution in [0.1, 0.15) is 5.56 Å². The summed E-state index contributed by atoms with van der Waals surface area (Å²) >= 11 is 0. The topological polar surface area (TPSA) is 80.9 Å². The zero-order chi connectivity index (χ0) is 15.6. The van der Waals surface area contributed by atoms with Crippen LogP contribution in [0.3, 0.4) is 0 Å². The summed E-state index contributed by atoms with van der Waals surface area (Å²) in [5, 5.41) is 8.60. The van der Waals surface area contributed by atoms with Crippen LogP contribution in [0.5, 0.6) is 0 Å². The number of rotatable bonds is 3. The summed E-state index contributed by atoms with van der Waals surface area (Å²) in [5.74, 6) is 0.833. The molecule has 0 amide bonds. The number of fused-ring (bicyclic) bond motifs is 1. The summed E-state index contributed by atoms with van der Waals surface area (Å²) < 4.78 is 0. The van der Waals surface area contributed by atoms with Crippen LogP contribution in [0.15, 0.2) is 41.6 Å². The third-order valence-corrected chi connectivity index (χ3v) is 4.36. The zero-order valence-corrected chi connectivity index (χ0v) is 12.7. The Morgan fingerprint density at radius 1 is 1.09 bits per heavy atom. The molecule has 0 aliphatic carbocycles. The van der Waals surface area contributed by atoms with Gasteiger partial charge in [0.1, 0.15) is 6.33 Å². The fraction of sp³-hybridized carbons (Fsp3) is 0.312. The van der Waals surface area contributed by atoms with Gasteiger partial charge in [0.2, 0.25) is 5.95 Å². The average molecular weight is 310 g/mol. The second-order valence-corrected chi connectivity index (χ2v) is 5.76. The maximum atomic E-state index is 11.9. The van der Waals surface area contributed by atoms with Gasteiger partial charge in [-0.05, 0) is 17.0 Å². The molecule has 1 aliphatic rings. The van der Waals surface area contributed by atoms with Gasteiger partial charge >= 0.3 is 0 Å². The first-order valence-electron chi connectivity index (χ1n) is 7.73. The molecule has 1 aliphatic heterocycles. The van der Waals surface area contributed by atoms with E-state index in [0.717, 1.165) is 55.0 Å². The van der Waals surface area contributed by atoms with E-state index in [-0.39, 0.29) is 5.56 Å². The van der Waals surface area contributed by atoms with Crippen molar-refractivity contribution in [2.75, 3.05) is 31.1 Å². The summed E-state index contributed by atoms with van der Waals surface area (Å²) in [6.07, 6.45) is 3.38. The van der Waals surface area contributed by atoms with Crippen LogP contribution in [0.4, 0.5) is 5.95 Å². The van der Waals surface area contributed by atoms with Crippen LogP contribution < -0.4 is 10.5 Å². The predicted molar refractivity (Wildman–Crippen MR) is 88.4 cm³/mol. The molecular weight excluding hydrogens is 292 g/mol. The largest absolute Gasteiger partial charge is 0.339 e. The molecule has 0 bridgehead atoms. The van der Waals surface area contributed by atoms with E-state index in [4.69, 9.17) is 0 Å². The predicted octanol–water partition coefficient (Wildman–Crippen LogP) is 0.968. The highest BCUT2D eigenvalue weighted by molar-refractivity contribution is 5.84. The van der Waals surface area contributed by atoms with Gasteiger partial charge in [0.15, 0.2) is 0 Å².